The summed E-state index contributed by atoms with van der Waals surface area (Å²) in [7, 11) is -3.08. The molecule has 1 saturated heterocycles. The van der Waals surface area contributed by atoms with Crippen LogP contribution in [0.3, 0.4) is 0 Å². The van der Waals surface area contributed by atoms with Crippen LogP contribution in [-0.2, 0) is 10.0 Å². The van der Waals surface area contributed by atoms with E-state index in [1.165, 1.54) is 0 Å². The van der Waals surface area contributed by atoms with Gasteiger partial charge < -0.3 is 5.11 Å². The highest BCUT2D eigenvalue weighted by Crippen LogP contribution is 2.25. The van der Waals surface area contributed by atoms with Gasteiger partial charge in [0.1, 0.15) is 0 Å². The maximum absolute atomic E-state index is 11.9. The second-order valence-electron chi connectivity index (χ2n) is 4.90. The monoisotopic (exact) mass is 249 g/mol. The van der Waals surface area contributed by atoms with Gasteiger partial charge in [0.2, 0.25) is 10.0 Å². The van der Waals surface area contributed by atoms with Crippen LogP contribution in [0.25, 0.3) is 0 Å². The van der Waals surface area contributed by atoms with E-state index in [2.05, 4.69) is 13.8 Å². The van der Waals surface area contributed by atoms with Gasteiger partial charge in [-0.15, -0.1) is 0 Å². The number of unbranched alkanes of at least 4 members (excludes halogenated alkanes) is 1. The first-order valence-electron chi connectivity index (χ1n) is 6.06. The Morgan fingerprint density at radius 3 is 2.56 bits per heavy atom. The van der Waals surface area contributed by atoms with Crippen molar-refractivity contribution in [2.24, 2.45) is 11.8 Å². The summed E-state index contributed by atoms with van der Waals surface area (Å²) in [4.78, 5) is 0. The van der Waals surface area contributed by atoms with E-state index < -0.39 is 10.0 Å². The Hall–Kier alpha value is -0.130. The van der Waals surface area contributed by atoms with E-state index in [9.17, 15) is 8.42 Å². The molecule has 1 rings (SSSR count). The largest absolute Gasteiger partial charge is 0.396 e. The third-order valence-electron chi connectivity index (χ3n) is 3.33. The van der Waals surface area contributed by atoms with Crippen LogP contribution in [0.2, 0.25) is 0 Å². The maximum Gasteiger partial charge on any atom is 0.214 e. The van der Waals surface area contributed by atoms with Crippen molar-refractivity contribution >= 4 is 10.0 Å². The zero-order valence-electron chi connectivity index (χ0n) is 10.2. The van der Waals surface area contributed by atoms with Crippen molar-refractivity contribution in [2.75, 3.05) is 25.4 Å². The van der Waals surface area contributed by atoms with Crippen molar-refractivity contribution < 1.29 is 13.5 Å². The van der Waals surface area contributed by atoms with E-state index in [1.54, 1.807) is 4.31 Å². The average molecular weight is 249 g/mol. The predicted molar refractivity (Wildman–Crippen MR) is 64.6 cm³/mol. The van der Waals surface area contributed by atoms with Crippen molar-refractivity contribution in [1.82, 2.24) is 4.31 Å². The lowest BCUT2D eigenvalue weighted by Crippen LogP contribution is -2.31. The van der Waals surface area contributed by atoms with Crippen LogP contribution in [0.15, 0.2) is 0 Å². The van der Waals surface area contributed by atoms with Gasteiger partial charge in [0, 0.05) is 19.7 Å². The summed E-state index contributed by atoms with van der Waals surface area (Å²) in [6, 6.07) is 0. The molecule has 1 heterocycles. The lowest BCUT2D eigenvalue weighted by atomic mass is 9.96. The number of hydrogen-bond acceptors (Lipinski definition) is 3. The zero-order chi connectivity index (χ0) is 12.2. The summed E-state index contributed by atoms with van der Waals surface area (Å²) in [6.45, 7) is 5.71. The molecule has 0 amide bonds. The normalized spacial score (nSPS) is 23.1. The summed E-state index contributed by atoms with van der Waals surface area (Å²) in [5.41, 5.74) is 0. The molecular formula is C11H23NO3S. The minimum absolute atomic E-state index is 0.0736. The molecule has 4 nitrogen and oxygen atoms in total. The van der Waals surface area contributed by atoms with Crippen molar-refractivity contribution in [2.45, 2.75) is 33.1 Å². The SMILES string of the molecule is CC(C)C1CCN(S(=O)(=O)CCCCO)C1. The van der Waals surface area contributed by atoms with Gasteiger partial charge in [0.15, 0.2) is 0 Å². The molecule has 0 radical (unpaired) electrons. The second-order valence-corrected chi connectivity index (χ2v) is 6.99. The first kappa shape index (κ1) is 13.9. The van der Waals surface area contributed by atoms with Crippen molar-refractivity contribution in [3.8, 4) is 0 Å². The van der Waals surface area contributed by atoms with Gasteiger partial charge in [-0.25, -0.2) is 12.7 Å². The molecule has 0 aliphatic carbocycles. The quantitative estimate of drug-likeness (QED) is 0.716. The average Bonchev–Trinajstić information content (AvgIpc) is 2.67. The molecule has 1 aliphatic rings. The maximum atomic E-state index is 11.9. The van der Waals surface area contributed by atoms with E-state index in [0.29, 0.717) is 37.8 Å². The molecule has 1 atom stereocenters. The molecular weight excluding hydrogens is 226 g/mol. The summed E-state index contributed by atoms with van der Waals surface area (Å²) >= 11 is 0. The van der Waals surface area contributed by atoms with Crippen LogP contribution >= 0.6 is 0 Å². The smallest absolute Gasteiger partial charge is 0.214 e. The summed E-state index contributed by atoms with van der Waals surface area (Å²) < 4.78 is 25.5. The number of aliphatic hydroxyl groups excluding tert-OH is 1. The topological polar surface area (TPSA) is 57.6 Å². The van der Waals surface area contributed by atoms with Crippen LogP contribution in [0.5, 0.6) is 0 Å². The molecule has 0 bridgehead atoms. The van der Waals surface area contributed by atoms with Gasteiger partial charge in [0.25, 0.3) is 0 Å². The fourth-order valence-corrected chi connectivity index (χ4v) is 3.71. The fraction of sp³-hybridized carbons (Fsp3) is 1.00. The van der Waals surface area contributed by atoms with Gasteiger partial charge in [-0.3, -0.25) is 0 Å². The highest BCUT2D eigenvalue weighted by Gasteiger charge is 2.31. The second kappa shape index (κ2) is 5.98. The molecule has 16 heavy (non-hydrogen) atoms. The standard InChI is InChI=1S/C11H23NO3S/c1-10(2)11-5-6-12(9-11)16(14,15)8-4-3-7-13/h10-11,13H,3-9H2,1-2H3. The number of aliphatic hydroxyl groups is 1. The summed E-state index contributed by atoms with van der Waals surface area (Å²) in [6.07, 6.45) is 2.11. The zero-order valence-corrected chi connectivity index (χ0v) is 11.0. The van der Waals surface area contributed by atoms with Gasteiger partial charge in [0.05, 0.1) is 5.75 Å². The lowest BCUT2D eigenvalue weighted by Gasteiger charge is -2.17. The van der Waals surface area contributed by atoms with Gasteiger partial charge in [-0.2, -0.15) is 0 Å². The highest BCUT2D eigenvalue weighted by atomic mass is 32.2. The Bertz CT molecular complexity index is 300. The molecule has 1 fully saturated rings. The van der Waals surface area contributed by atoms with E-state index in [0.717, 1.165) is 6.42 Å². The molecule has 0 aromatic carbocycles. The Balaban J connectivity index is 2.45. The van der Waals surface area contributed by atoms with Gasteiger partial charge >= 0.3 is 0 Å². The Kier molecular flexibility index (Phi) is 5.21. The lowest BCUT2D eigenvalue weighted by molar-refractivity contribution is 0.287. The van der Waals surface area contributed by atoms with E-state index >= 15 is 0 Å². The Labute approximate surface area is 98.7 Å². The first-order valence-corrected chi connectivity index (χ1v) is 7.67. The molecule has 1 unspecified atom stereocenters. The Morgan fingerprint density at radius 2 is 2.06 bits per heavy atom. The fourth-order valence-electron chi connectivity index (χ4n) is 2.08. The van der Waals surface area contributed by atoms with Crippen molar-refractivity contribution in [3.63, 3.8) is 0 Å². The summed E-state index contributed by atoms with van der Waals surface area (Å²) in [5.74, 6) is 1.24. The molecule has 0 saturated carbocycles. The van der Waals surface area contributed by atoms with Crippen LogP contribution in [-0.4, -0.2) is 43.3 Å². The molecule has 1 N–H and O–H groups in total. The van der Waals surface area contributed by atoms with Gasteiger partial charge in [-0.1, -0.05) is 13.8 Å². The molecule has 1 aliphatic heterocycles. The third-order valence-corrected chi connectivity index (χ3v) is 5.26. The minimum atomic E-state index is -3.08. The number of nitrogens with zero attached hydrogens (tertiary/aromatic N) is 1. The predicted octanol–water partition coefficient (Wildman–Crippen LogP) is 1.07. The molecule has 96 valence electrons. The van der Waals surface area contributed by atoms with Crippen LogP contribution < -0.4 is 0 Å². The molecule has 0 aromatic rings. The minimum Gasteiger partial charge on any atom is -0.396 e. The van der Waals surface area contributed by atoms with Gasteiger partial charge in [-0.05, 0) is 31.1 Å². The van der Waals surface area contributed by atoms with Crippen molar-refractivity contribution in [1.29, 1.82) is 0 Å². The molecule has 0 spiro atoms. The van der Waals surface area contributed by atoms with E-state index in [-0.39, 0.29) is 12.4 Å². The first-order chi connectivity index (χ1) is 7.47. The summed E-state index contributed by atoms with van der Waals surface area (Å²) in [5, 5.41) is 8.63. The number of rotatable bonds is 6. The van der Waals surface area contributed by atoms with E-state index in [4.69, 9.17) is 5.11 Å². The molecule has 0 aromatic heterocycles. The number of hydrogen-bond donors (Lipinski definition) is 1. The Morgan fingerprint density at radius 1 is 1.38 bits per heavy atom. The van der Waals surface area contributed by atoms with Crippen LogP contribution in [0, 0.1) is 11.8 Å². The highest BCUT2D eigenvalue weighted by molar-refractivity contribution is 7.89. The van der Waals surface area contributed by atoms with Crippen LogP contribution in [0.1, 0.15) is 33.1 Å². The molecule has 5 heteroatoms. The van der Waals surface area contributed by atoms with Crippen LogP contribution in [0.4, 0.5) is 0 Å². The van der Waals surface area contributed by atoms with E-state index in [1.807, 2.05) is 0 Å². The number of sulfonamides is 1. The third kappa shape index (κ3) is 3.71. The van der Waals surface area contributed by atoms with Crippen molar-refractivity contribution in [3.05, 3.63) is 0 Å².